The molecule has 0 aliphatic heterocycles. The number of nitrogens with zero attached hydrogens (tertiary/aromatic N) is 2. The molecule has 0 aliphatic rings. The van der Waals surface area contributed by atoms with Crippen LogP contribution in [0.4, 0.5) is 11.4 Å². The monoisotopic (exact) mass is 362 g/mol. The number of ether oxygens (including phenoxy) is 1. The van der Waals surface area contributed by atoms with E-state index in [4.69, 9.17) is 16.3 Å². The van der Waals surface area contributed by atoms with Gasteiger partial charge < -0.3 is 20.3 Å². The number of carbonyl (C=O) groups excluding carboxylic acids is 1. The fourth-order valence-electron chi connectivity index (χ4n) is 2.20. The molecule has 1 aromatic carbocycles. The van der Waals surface area contributed by atoms with Crippen LogP contribution in [-0.4, -0.2) is 50.1 Å². The molecule has 0 aliphatic carbocycles. The van der Waals surface area contributed by atoms with E-state index >= 15 is 0 Å². The van der Waals surface area contributed by atoms with Crippen LogP contribution in [0.25, 0.3) is 0 Å². The Balaban J connectivity index is 2.12. The van der Waals surface area contributed by atoms with Crippen molar-refractivity contribution in [3.8, 4) is 5.75 Å². The third-order valence-corrected chi connectivity index (χ3v) is 4.02. The maximum Gasteiger partial charge on any atom is 0.274 e. The summed E-state index contributed by atoms with van der Waals surface area (Å²) < 4.78 is 5.28. The van der Waals surface area contributed by atoms with Crippen molar-refractivity contribution in [1.82, 2.24) is 9.88 Å². The van der Waals surface area contributed by atoms with E-state index in [1.165, 1.54) is 7.11 Å². The molecule has 25 heavy (non-hydrogen) atoms. The Hall–Kier alpha value is -2.31. The van der Waals surface area contributed by atoms with Gasteiger partial charge in [-0.05, 0) is 44.8 Å². The second-order valence-corrected chi connectivity index (χ2v) is 6.32. The van der Waals surface area contributed by atoms with Gasteiger partial charge in [0.2, 0.25) is 0 Å². The zero-order valence-corrected chi connectivity index (χ0v) is 15.6. The minimum absolute atomic E-state index is 0.309. The van der Waals surface area contributed by atoms with Crippen LogP contribution in [0.1, 0.15) is 16.1 Å². The lowest BCUT2D eigenvalue weighted by atomic mass is 10.2. The van der Waals surface area contributed by atoms with Gasteiger partial charge >= 0.3 is 0 Å². The molecule has 7 heteroatoms. The molecule has 2 aromatic rings. The number of benzene rings is 1. The summed E-state index contributed by atoms with van der Waals surface area (Å²) in [7, 11) is 5.55. The minimum atomic E-state index is -0.309. The number of aryl methyl sites for hydroxylation is 1. The summed E-state index contributed by atoms with van der Waals surface area (Å²) in [6, 6.07) is 7.01. The molecule has 0 unspecified atom stereocenters. The zero-order valence-electron chi connectivity index (χ0n) is 14.9. The summed E-state index contributed by atoms with van der Waals surface area (Å²) in [6.07, 6.45) is 1.61. The van der Waals surface area contributed by atoms with E-state index in [0.717, 1.165) is 24.3 Å². The van der Waals surface area contributed by atoms with Gasteiger partial charge in [0.05, 0.1) is 12.8 Å². The molecule has 1 heterocycles. The van der Waals surface area contributed by atoms with Crippen molar-refractivity contribution >= 4 is 28.9 Å². The van der Waals surface area contributed by atoms with Gasteiger partial charge in [-0.15, -0.1) is 0 Å². The number of nitrogens with one attached hydrogen (secondary N) is 2. The number of anilines is 2. The number of carbonyl (C=O) groups is 1. The van der Waals surface area contributed by atoms with Crippen molar-refractivity contribution in [3.63, 3.8) is 0 Å². The van der Waals surface area contributed by atoms with Crippen molar-refractivity contribution < 1.29 is 9.53 Å². The highest BCUT2D eigenvalue weighted by Gasteiger charge is 2.13. The number of amides is 1. The summed E-state index contributed by atoms with van der Waals surface area (Å²) in [5.41, 5.74) is 2.58. The number of pyridine rings is 1. The molecule has 0 fully saturated rings. The first-order valence-corrected chi connectivity index (χ1v) is 8.28. The number of methoxy groups -OCH3 is 1. The summed E-state index contributed by atoms with van der Waals surface area (Å²) in [5, 5.41) is 6.68. The van der Waals surface area contributed by atoms with Crippen molar-refractivity contribution in [2.24, 2.45) is 0 Å². The van der Waals surface area contributed by atoms with Crippen molar-refractivity contribution in [2.75, 3.05) is 44.9 Å². The van der Waals surface area contributed by atoms with Crippen LogP contribution in [0.2, 0.25) is 5.02 Å². The van der Waals surface area contributed by atoms with Gasteiger partial charge in [-0.1, -0.05) is 11.6 Å². The molecule has 6 nitrogen and oxygen atoms in total. The van der Waals surface area contributed by atoms with E-state index in [1.807, 2.05) is 27.1 Å². The summed E-state index contributed by atoms with van der Waals surface area (Å²) in [6.45, 7) is 3.54. The van der Waals surface area contributed by atoms with Crippen LogP contribution in [-0.2, 0) is 0 Å². The smallest absolute Gasteiger partial charge is 0.274 e. The Morgan fingerprint density at radius 1 is 1.32 bits per heavy atom. The molecule has 2 N–H and O–H groups in total. The SMILES string of the molecule is COc1cc(Cl)c(C)cc1NC(=O)c1cc(NCCN(C)C)ccn1. The molecule has 0 saturated heterocycles. The van der Waals surface area contributed by atoms with Crippen molar-refractivity contribution in [1.29, 1.82) is 0 Å². The molecule has 0 bridgehead atoms. The molecule has 0 spiro atoms. The summed E-state index contributed by atoms with van der Waals surface area (Å²) in [4.78, 5) is 18.7. The molecule has 1 aromatic heterocycles. The van der Waals surface area contributed by atoms with Crippen LogP contribution < -0.4 is 15.4 Å². The second-order valence-electron chi connectivity index (χ2n) is 5.92. The van der Waals surface area contributed by atoms with E-state index < -0.39 is 0 Å². The van der Waals surface area contributed by atoms with Gasteiger partial charge in [0.1, 0.15) is 11.4 Å². The second kappa shape index (κ2) is 8.69. The Morgan fingerprint density at radius 3 is 2.76 bits per heavy atom. The average Bonchev–Trinajstić information content (AvgIpc) is 2.57. The Labute approximate surface area is 153 Å². The van der Waals surface area contributed by atoms with E-state index in [-0.39, 0.29) is 5.91 Å². The summed E-state index contributed by atoms with van der Waals surface area (Å²) in [5.74, 6) is 0.195. The number of hydrogen-bond donors (Lipinski definition) is 2. The number of hydrogen-bond acceptors (Lipinski definition) is 5. The molecule has 2 rings (SSSR count). The van der Waals surface area contributed by atoms with Crippen molar-refractivity contribution in [2.45, 2.75) is 6.92 Å². The Morgan fingerprint density at radius 2 is 2.08 bits per heavy atom. The van der Waals surface area contributed by atoms with Gasteiger partial charge in [-0.2, -0.15) is 0 Å². The third-order valence-electron chi connectivity index (χ3n) is 3.61. The first-order valence-electron chi connectivity index (χ1n) is 7.91. The highest BCUT2D eigenvalue weighted by atomic mass is 35.5. The fraction of sp³-hybridized carbons (Fsp3) is 0.333. The highest BCUT2D eigenvalue weighted by molar-refractivity contribution is 6.31. The molecule has 0 saturated carbocycles. The average molecular weight is 363 g/mol. The lowest BCUT2D eigenvalue weighted by Crippen LogP contribution is -2.21. The molecule has 0 atom stereocenters. The third kappa shape index (κ3) is 5.34. The van der Waals surface area contributed by atoms with E-state index in [1.54, 1.807) is 24.4 Å². The van der Waals surface area contributed by atoms with Gasteiger partial charge in [0.15, 0.2) is 0 Å². The molecule has 0 radical (unpaired) electrons. The highest BCUT2D eigenvalue weighted by Crippen LogP contribution is 2.31. The van der Waals surface area contributed by atoms with Gasteiger partial charge in [0, 0.05) is 36.1 Å². The number of halogens is 1. The predicted molar refractivity (Wildman–Crippen MR) is 102 cm³/mol. The number of aromatic nitrogens is 1. The number of rotatable bonds is 7. The van der Waals surface area contributed by atoms with E-state index in [0.29, 0.717) is 22.2 Å². The zero-order chi connectivity index (χ0) is 18.4. The standard InChI is InChI=1S/C18H23ClN4O2/c1-12-9-15(17(25-4)11-14(12)19)22-18(24)16-10-13(5-6-21-16)20-7-8-23(2)3/h5-6,9-11H,7-8H2,1-4H3,(H,20,21)(H,22,24). The number of likely N-dealkylation sites (N-methyl/N-ethyl adjacent to an activating group) is 1. The predicted octanol–water partition coefficient (Wildman–Crippen LogP) is 3.28. The van der Waals surface area contributed by atoms with Gasteiger partial charge in [-0.3, -0.25) is 9.78 Å². The molecular weight excluding hydrogens is 340 g/mol. The van der Waals surface area contributed by atoms with Gasteiger partial charge in [-0.25, -0.2) is 0 Å². The normalized spacial score (nSPS) is 10.6. The van der Waals surface area contributed by atoms with Crippen LogP contribution in [0.15, 0.2) is 30.5 Å². The fourth-order valence-corrected chi connectivity index (χ4v) is 2.36. The molecule has 134 valence electrons. The Kier molecular flexibility index (Phi) is 6.61. The van der Waals surface area contributed by atoms with Crippen molar-refractivity contribution in [3.05, 3.63) is 46.7 Å². The largest absolute Gasteiger partial charge is 0.495 e. The Bertz CT molecular complexity index is 750. The minimum Gasteiger partial charge on any atom is -0.495 e. The lowest BCUT2D eigenvalue weighted by molar-refractivity contribution is 0.102. The van der Waals surface area contributed by atoms with E-state index in [2.05, 4.69) is 20.5 Å². The van der Waals surface area contributed by atoms with Crippen LogP contribution >= 0.6 is 11.6 Å². The topological polar surface area (TPSA) is 66.5 Å². The lowest BCUT2D eigenvalue weighted by Gasteiger charge is -2.13. The van der Waals surface area contributed by atoms with E-state index in [9.17, 15) is 4.79 Å². The summed E-state index contributed by atoms with van der Waals surface area (Å²) >= 11 is 6.09. The maximum atomic E-state index is 12.5. The molecular formula is C18H23ClN4O2. The first kappa shape index (κ1) is 19.0. The van der Waals surface area contributed by atoms with Crippen LogP contribution in [0.5, 0.6) is 5.75 Å². The first-order chi connectivity index (χ1) is 11.9. The van der Waals surface area contributed by atoms with Gasteiger partial charge in [0.25, 0.3) is 5.91 Å². The van der Waals surface area contributed by atoms with Crippen LogP contribution in [0.3, 0.4) is 0 Å². The maximum absolute atomic E-state index is 12.5. The van der Waals surface area contributed by atoms with Crippen LogP contribution in [0, 0.1) is 6.92 Å². The quantitative estimate of drug-likeness (QED) is 0.791. The molecule has 1 amide bonds.